The van der Waals surface area contributed by atoms with Crippen LogP contribution in [0.5, 0.6) is 0 Å². The maximum atomic E-state index is 5.86. The van der Waals surface area contributed by atoms with Gasteiger partial charge in [-0.1, -0.05) is 45.0 Å². The minimum atomic E-state index is 0.140. The standard InChI is InChI=1S/C14H18N4/c1-9-16-13(15)12(18-17-9)10-5-7-11(8-6-10)14(2,3)4/h5-8H,1-4H3,(H2,15,16,17). The van der Waals surface area contributed by atoms with Gasteiger partial charge >= 0.3 is 0 Å². The van der Waals surface area contributed by atoms with Gasteiger partial charge in [0.25, 0.3) is 0 Å². The predicted octanol–water partition coefficient (Wildman–Crippen LogP) is 2.73. The van der Waals surface area contributed by atoms with Gasteiger partial charge in [0.1, 0.15) is 11.5 Å². The molecule has 0 amide bonds. The molecule has 0 unspecified atom stereocenters. The van der Waals surface area contributed by atoms with Crippen molar-refractivity contribution in [3.63, 3.8) is 0 Å². The number of aromatic nitrogens is 3. The highest BCUT2D eigenvalue weighted by Gasteiger charge is 2.14. The summed E-state index contributed by atoms with van der Waals surface area (Å²) in [6.45, 7) is 8.33. The summed E-state index contributed by atoms with van der Waals surface area (Å²) in [5.41, 5.74) is 8.86. The number of nitrogens with two attached hydrogens (primary N) is 1. The number of nitrogen functional groups attached to an aromatic ring is 1. The summed E-state index contributed by atoms with van der Waals surface area (Å²) in [4.78, 5) is 4.13. The molecule has 94 valence electrons. The molecule has 1 aromatic heterocycles. The van der Waals surface area contributed by atoms with Crippen LogP contribution in [0.1, 0.15) is 32.2 Å². The number of nitrogens with zero attached hydrogens (tertiary/aromatic N) is 3. The summed E-state index contributed by atoms with van der Waals surface area (Å²) >= 11 is 0. The molecule has 0 saturated carbocycles. The minimum absolute atomic E-state index is 0.140. The Balaban J connectivity index is 2.41. The molecule has 0 saturated heterocycles. The molecule has 0 spiro atoms. The molecule has 4 nitrogen and oxygen atoms in total. The minimum Gasteiger partial charge on any atom is -0.382 e. The first-order chi connectivity index (χ1) is 8.38. The van der Waals surface area contributed by atoms with Crippen molar-refractivity contribution in [2.24, 2.45) is 0 Å². The Bertz CT molecular complexity index is 553. The highest BCUT2D eigenvalue weighted by atomic mass is 15.2. The van der Waals surface area contributed by atoms with E-state index in [0.29, 0.717) is 17.3 Å². The topological polar surface area (TPSA) is 64.7 Å². The van der Waals surface area contributed by atoms with Crippen LogP contribution in [0.3, 0.4) is 0 Å². The van der Waals surface area contributed by atoms with Gasteiger partial charge in [-0.3, -0.25) is 0 Å². The first kappa shape index (κ1) is 12.5. The summed E-state index contributed by atoms with van der Waals surface area (Å²) in [6.07, 6.45) is 0. The molecule has 1 heterocycles. The second-order valence-corrected chi connectivity index (χ2v) is 5.42. The van der Waals surface area contributed by atoms with Crippen molar-refractivity contribution < 1.29 is 0 Å². The number of hydrogen-bond acceptors (Lipinski definition) is 4. The van der Waals surface area contributed by atoms with Crippen LogP contribution in [0.15, 0.2) is 24.3 Å². The molecule has 0 aliphatic carbocycles. The third kappa shape index (κ3) is 2.47. The number of anilines is 1. The lowest BCUT2D eigenvalue weighted by molar-refractivity contribution is 0.590. The molecular weight excluding hydrogens is 224 g/mol. The monoisotopic (exact) mass is 242 g/mol. The van der Waals surface area contributed by atoms with E-state index >= 15 is 0 Å². The van der Waals surface area contributed by atoms with Crippen LogP contribution < -0.4 is 5.73 Å². The Morgan fingerprint density at radius 3 is 2.11 bits per heavy atom. The zero-order chi connectivity index (χ0) is 13.3. The lowest BCUT2D eigenvalue weighted by atomic mass is 9.86. The molecule has 0 bridgehead atoms. The third-order valence-electron chi connectivity index (χ3n) is 2.84. The van der Waals surface area contributed by atoms with Gasteiger partial charge in [-0.15, -0.1) is 10.2 Å². The Hall–Kier alpha value is -1.97. The largest absolute Gasteiger partial charge is 0.382 e. The van der Waals surface area contributed by atoms with Crippen LogP contribution in [0.4, 0.5) is 5.82 Å². The lowest BCUT2D eigenvalue weighted by Crippen LogP contribution is -2.10. The van der Waals surface area contributed by atoms with Gasteiger partial charge in [0, 0.05) is 5.56 Å². The molecule has 2 aromatic rings. The zero-order valence-corrected chi connectivity index (χ0v) is 11.2. The van der Waals surface area contributed by atoms with Crippen LogP contribution >= 0.6 is 0 Å². The summed E-state index contributed by atoms with van der Waals surface area (Å²) in [5.74, 6) is 1.01. The van der Waals surface area contributed by atoms with Gasteiger partial charge in [0.2, 0.25) is 0 Å². The fourth-order valence-corrected chi connectivity index (χ4v) is 1.76. The van der Waals surface area contributed by atoms with Crippen molar-refractivity contribution >= 4 is 5.82 Å². The predicted molar refractivity (Wildman–Crippen MR) is 73.1 cm³/mol. The fraction of sp³-hybridized carbons (Fsp3) is 0.357. The third-order valence-corrected chi connectivity index (χ3v) is 2.84. The van der Waals surface area contributed by atoms with Crippen LogP contribution in [0, 0.1) is 6.92 Å². The molecule has 0 atom stereocenters. The van der Waals surface area contributed by atoms with Gasteiger partial charge in [-0.25, -0.2) is 4.98 Å². The van der Waals surface area contributed by atoms with Crippen LogP contribution in [-0.4, -0.2) is 15.2 Å². The summed E-state index contributed by atoms with van der Waals surface area (Å²) < 4.78 is 0. The number of hydrogen-bond donors (Lipinski definition) is 1. The second kappa shape index (κ2) is 4.37. The van der Waals surface area contributed by atoms with Crippen molar-refractivity contribution in [2.45, 2.75) is 33.1 Å². The Morgan fingerprint density at radius 1 is 1.00 bits per heavy atom. The van der Waals surface area contributed by atoms with E-state index < -0.39 is 0 Å². The summed E-state index contributed by atoms with van der Waals surface area (Å²) in [6, 6.07) is 8.21. The average Bonchev–Trinajstić information content (AvgIpc) is 2.28. The number of rotatable bonds is 1. The van der Waals surface area contributed by atoms with Gasteiger partial charge in [-0.2, -0.15) is 0 Å². The molecule has 1 aromatic carbocycles. The highest BCUT2D eigenvalue weighted by Crippen LogP contribution is 2.26. The van der Waals surface area contributed by atoms with Gasteiger partial charge in [-0.05, 0) is 17.9 Å². The van der Waals surface area contributed by atoms with Crippen molar-refractivity contribution in [2.75, 3.05) is 5.73 Å². The lowest BCUT2D eigenvalue weighted by Gasteiger charge is -2.19. The fourth-order valence-electron chi connectivity index (χ4n) is 1.76. The second-order valence-electron chi connectivity index (χ2n) is 5.42. The SMILES string of the molecule is Cc1nnc(-c2ccc(C(C)(C)C)cc2)c(N)n1. The molecule has 0 aliphatic rings. The average molecular weight is 242 g/mol. The summed E-state index contributed by atoms with van der Waals surface area (Å²) in [5, 5.41) is 8.05. The van der Waals surface area contributed by atoms with Gasteiger partial charge in [0.05, 0.1) is 0 Å². The van der Waals surface area contributed by atoms with Gasteiger partial charge in [0.15, 0.2) is 5.82 Å². The van der Waals surface area contributed by atoms with E-state index in [-0.39, 0.29) is 5.41 Å². The summed E-state index contributed by atoms with van der Waals surface area (Å²) in [7, 11) is 0. The number of aryl methyl sites for hydroxylation is 1. The molecule has 0 aliphatic heterocycles. The van der Waals surface area contributed by atoms with Crippen molar-refractivity contribution in [1.82, 2.24) is 15.2 Å². The molecule has 4 heteroatoms. The molecule has 2 N–H and O–H groups in total. The maximum absolute atomic E-state index is 5.86. The van der Waals surface area contributed by atoms with E-state index in [2.05, 4.69) is 48.1 Å². The maximum Gasteiger partial charge on any atom is 0.154 e. The molecule has 0 fully saturated rings. The van der Waals surface area contributed by atoms with Crippen LogP contribution in [0.25, 0.3) is 11.3 Å². The van der Waals surface area contributed by atoms with Crippen LogP contribution in [0.2, 0.25) is 0 Å². The van der Waals surface area contributed by atoms with E-state index in [9.17, 15) is 0 Å². The zero-order valence-electron chi connectivity index (χ0n) is 11.2. The molecule has 18 heavy (non-hydrogen) atoms. The van der Waals surface area contributed by atoms with Crippen molar-refractivity contribution in [3.05, 3.63) is 35.7 Å². The smallest absolute Gasteiger partial charge is 0.154 e. The molecule has 0 radical (unpaired) electrons. The van der Waals surface area contributed by atoms with E-state index in [1.165, 1.54) is 5.56 Å². The first-order valence-corrected chi connectivity index (χ1v) is 5.95. The molecule has 2 rings (SSSR count). The van der Waals surface area contributed by atoms with E-state index in [1.54, 1.807) is 6.92 Å². The Morgan fingerprint density at radius 2 is 1.61 bits per heavy atom. The van der Waals surface area contributed by atoms with Crippen LogP contribution in [-0.2, 0) is 5.41 Å². The Labute approximate surface area is 107 Å². The normalized spacial score (nSPS) is 11.6. The van der Waals surface area contributed by atoms with E-state index in [0.717, 1.165) is 5.56 Å². The molecular formula is C14H18N4. The van der Waals surface area contributed by atoms with Crippen molar-refractivity contribution in [3.8, 4) is 11.3 Å². The van der Waals surface area contributed by atoms with Crippen molar-refractivity contribution in [1.29, 1.82) is 0 Å². The quantitative estimate of drug-likeness (QED) is 0.835. The Kier molecular flexibility index (Phi) is 3.03. The van der Waals surface area contributed by atoms with Gasteiger partial charge < -0.3 is 5.73 Å². The van der Waals surface area contributed by atoms with E-state index in [4.69, 9.17) is 5.73 Å². The highest BCUT2D eigenvalue weighted by molar-refractivity contribution is 5.69. The van der Waals surface area contributed by atoms with E-state index in [1.807, 2.05) is 12.1 Å². The number of benzene rings is 1. The first-order valence-electron chi connectivity index (χ1n) is 5.95.